The molecule has 1 aliphatic rings. The van der Waals surface area contributed by atoms with Gasteiger partial charge in [0.05, 0.1) is 18.7 Å². The summed E-state index contributed by atoms with van der Waals surface area (Å²) in [6.07, 6.45) is 2.86. The number of ether oxygens (including phenoxy) is 1. The first-order chi connectivity index (χ1) is 13.1. The van der Waals surface area contributed by atoms with Crippen LogP contribution in [0.5, 0.6) is 5.75 Å². The van der Waals surface area contributed by atoms with Crippen LogP contribution in [0.3, 0.4) is 0 Å². The second-order valence-corrected chi connectivity index (χ2v) is 6.53. The molecule has 1 aromatic heterocycles. The Hall–Kier alpha value is -2.80. The third-order valence-electron chi connectivity index (χ3n) is 4.53. The molecule has 2 N–H and O–H groups in total. The summed E-state index contributed by atoms with van der Waals surface area (Å²) in [5, 5.41) is 11.0. The fourth-order valence-corrected chi connectivity index (χ4v) is 3.21. The van der Waals surface area contributed by atoms with Crippen LogP contribution < -0.4 is 15.0 Å². The minimum absolute atomic E-state index is 0.0184. The van der Waals surface area contributed by atoms with Crippen molar-refractivity contribution >= 4 is 35.2 Å². The molecule has 0 bridgehead atoms. The molecule has 1 aromatic carbocycles. The molecule has 8 heteroatoms. The highest BCUT2D eigenvalue weighted by atomic mass is 35.5. The van der Waals surface area contributed by atoms with E-state index in [-0.39, 0.29) is 12.5 Å². The summed E-state index contributed by atoms with van der Waals surface area (Å²) in [6, 6.07) is 9.25. The molecule has 1 saturated heterocycles. The van der Waals surface area contributed by atoms with Gasteiger partial charge in [0.2, 0.25) is 5.91 Å². The number of carbonyl (C=O) groups is 1. The number of rotatable bonds is 6. The maximum Gasteiger partial charge on any atom is 0.242 e. The number of nitrogens with one attached hydrogen (secondary N) is 2. The first-order valence-electron chi connectivity index (χ1n) is 8.68. The third-order valence-corrected chi connectivity index (χ3v) is 4.85. The van der Waals surface area contributed by atoms with Crippen LogP contribution in [0.15, 0.2) is 36.5 Å². The number of amides is 1. The standard InChI is InChI=1S/C19H22ClN5O2/c1-27-17-11-15(4-5-16(17)20)24-7-9-25(10-8-24)18(26)13-23-19-14(12-21)3-2-6-22-19/h2-6,11-12,21H,7-10,13H2,1H3,(H,22,23). The van der Waals surface area contributed by atoms with Crippen LogP contribution in [0, 0.1) is 5.41 Å². The molecule has 1 aliphatic heterocycles. The van der Waals surface area contributed by atoms with E-state index in [1.54, 1.807) is 25.4 Å². The van der Waals surface area contributed by atoms with Crippen LogP contribution in [0.1, 0.15) is 5.56 Å². The third kappa shape index (κ3) is 4.49. The summed E-state index contributed by atoms with van der Waals surface area (Å²) >= 11 is 6.08. The number of hydrogen-bond acceptors (Lipinski definition) is 6. The average Bonchev–Trinajstić information content (AvgIpc) is 2.72. The molecular weight excluding hydrogens is 366 g/mol. The van der Waals surface area contributed by atoms with Crippen LogP contribution in [0.25, 0.3) is 0 Å². The van der Waals surface area contributed by atoms with E-state index in [2.05, 4.69) is 15.2 Å². The molecule has 27 heavy (non-hydrogen) atoms. The van der Waals surface area contributed by atoms with Crippen LogP contribution in [-0.2, 0) is 4.79 Å². The lowest BCUT2D eigenvalue weighted by molar-refractivity contribution is -0.129. The van der Waals surface area contributed by atoms with Crippen LogP contribution in [0.2, 0.25) is 5.02 Å². The smallest absolute Gasteiger partial charge is 0.242 e. The Balaban J connectivity index is 1.54. The monoisotopic (exact) mass is 387 g/mol. The van der Waals surface area contributed by atoms with Gasteiger partial charge in [0.15, 0.2) is 0 Å². The number of halogens is 1. The Morgan fingerprint density at radius 1 is 1.33 bits per heavy atom. The molecule has 2 aromatic rings. The van der Waals surface area contributed by atoms with E-state index < -0.39 is 0 Å². The summed E-state index contributed by atoms with van der Waals surface area (Å²) in [5.41, 5.74) is 1.69. The first-order valence-corrected chi connectivity index (χ1v) is 9.06. The molecule has 142 valence electrons. The van der Waals surface area contributed by atoms with Crippen molar-refractivity contribution in [2.45, 2.75) is 0 Å². The number of carbonyl (C=O) groups excluding carboxylic acids is 1. The Labute approximate surface area is 163 Å². The highest BCUT2D eigenvalue weighted by Crippen LogP contribution is 2.29. The lowest BCUT2D eigenvalue weighted by atomic mass is 10.2. The van der Waals surface area contributed by atoms with Crippen molar-refractivity contribution in [2.24, 2.45) is 0 Å². The van der Waals surface area contributed by atoms with E-state index in [1.165, 1.54) is 6.21 Å². The molecule has 1 fully saturated rings. The van der Waals surface area contributed by atoms with Crippen molar-refractivity contribution in [2.75, 3.05) is 50.1 Å². The number of hydrogen-bond donors (Lipinski definition) is 2. The number of benzene rings is 1. The van der Waals surface area contributed by atoms with Gasteiger partial charge in [-0.2, -0.15) is 0 Å². The highest BCUT2D eigenvalue weighted by Gasteiger charge is 2.22. The van der Waals surface area contributed by atoms with Gasteiger partial charge in [0.25, 0.3) is 0 Å². The van der Waals surface area contributed by atoms with Gasteiger partial charge < -0.3 is 25.3 Å². The minimum atomic E-state index is 0.0184. The van der Waals surface area contributed by atoms with Gasteiger partial charge in [-0.05, 0) is 24.3 Å². The van der Waals surface area contributed by atoms with Gasteiger partial charge in [0, 0.05) is 55.9 Å². The number of aromatic nitrogens is 1. The van der Waals surface area contributed by atoms with Gasteiger partial charge in [-0.15, -0.1) is 0 Å². The van der Waals surface area contributed by atoms with E-state index >= 15 is 0 Å². The summed E-state index contributed by atoms with van der Waals surface area (Å²) in [6.45, 7) is 2.93. The number of anilines is 2. The predicted molar refractivity (Wildman–Crippen MR) is 107 cm³/mol. The predicted octanol–water partition coefficient (Wildman–Crippen LogP) is 2.50. The van der Waals surface area contributed by atoms with E-state index in [1.807, 2.05) is 23.1 Å². The molecule has 0 spiro atoms. The van der Waals surface area contributed by atoms with Crippen LogP contribution in [-0.4, -0.2) is 61.8 Å². The zero-order valence-electron chi connectivity index (χ0n) is 15.1. The van der Waals surface area contributed by atoms with Crippen molar-refractivity contribution in [1.82, 2.24) is 9.88 Å². The fraction of sp³-hybridized carbons (Fsp3) is 0.316. The normalized spacial score (nSPS) is 14.0. The quantitative estimate of drug-likeness (QED) is 0.744. The van der Waals surface area contributed by atoms with Crippen molar-refractivity contribution in [3.8, 4) is 5.75 Å². The lowest BCUT2D eigenvalue weighted by Crippen LogP contribution is -2.50. The van der Waals surface area contributed by atoms with E-state index in [4.69, 9.17) is 21.7 Å². The first kappa shape index (κ1) is 19.0. The van der Waals surface area contributed by atoms with Gasteiger partial charge >= 0.3 is 0 Å². The molecule has 0 unspecified atom stereocenters. The molecule has 0 saturated carbocycles. The minimum Gasteiger partial charge on any atom is -0.495 e. The second kappa shape index (κ2) is 8.73. The van der Waals surface area contributed by atoms with Crippen molar-refractivity contribution in [1.29, 1.82) is 5.41 Å². The van der Waals surface area contributed by atoms with Crippen LogP contribution >= 0.6 is 11.6 Å². The van der Waals surface area contributed by atoms with E-state index in [0.29, 0.717) is 35.2 Å². The Morgan fingerprint density at radius 2 is 2.11 bits per heavy atom. The maximum atomic E-state index is 12.5. The van der Waals surface area contributed by atoms with Crippen molar-refractivity contribution in [3.63, 3.8) is 0 Å². The number of piperazine rings is 1. The van der Waals surface area contributed by atoms with E-state index in [9.17, 15) is 4.79 Å². The molecule has 7 nitrogen and oxygen atoms in total. The number of methoxy groups -OCH3 is 1. The largest absolute Gasteiger partial charge is 0.495 e. The Morgan fingerprint density at radius 3 is 2.81 bits per heavy atom. The molecule has 1 amide bonds. The summed E-state index contributed by atoms with van der Waals surface area (Å²) < 4.78 is 5.28. The SMILES string of the molecule is COc1cc(N2CCN(C(=O)CNc3ncccc3C=N)CC2)ccc1Cl. The molecular formula is C19H22ClN5O2. The van der Waals surface area contributed by atoms with Crippen LogP contribution in [0.4, 0.5) is 11.5 Å². The Kier molecular flexibility index (Phi) is 6.13. The van der Waals surface area contributed by atoms with Gasteiger partial charge in [-0.25, -0.2) is 4.98 Å². The van der Waals surface area contributed by atoms with Gasteiger partial charge in [0.1, 0.15) is 11.6 Å². The second-order valence-electron chi connectivity index (χ2n) is 6.13. The topological polar surface area (TPSA) is 81.6 Å². The van der Waals surface area contributed by atoms with Gasteiger partial charge in [-0.3, -0.25) is 4.79 Å². The molecule has 2 heterocycles. The summed E-state index contributed by atoms with van der Waals surface area (Å²) in [4.78, 5) is 20.7. The maximum absolute atomic E-state index is 12.5. The molecule has 0 atom stereocenters. The van der Waals surface area contributed by atoms with E-state index in [0.717, 1.165) is 18.8 Å². The number of nitrogens with zero attached hydrogens (tertiary/aromatic N) is 3. The highest BCUT2D eigenvalue weighted by molar-refractivity contribution is 6.32. The van der Waals surface area contributed by atoms with Crippen molar-refractivity contribution in [3.05, 3.63) is 47.1 Å². The summed E-state index contributed by atoms with van der Waals surface area (Å²) in [7, 11) is 1.60. The zero-order valence-corrected chi connectivity index (χ0v) is 15.9. The van der Waals surface area contributed by atoms with Gasteiger partial charge in [-0.1, -0.05) is 11.6 Å². The zero-order chi connectivity index (χ0) is 19.2. The summed E-state index contributed by atoms with van der Waals surface area (Å²) in [5.74, 6) is 1.21. The fourth-order valence-electron chi connectivity index (χ4n) is 3.01. The Bertz CT molecular complexity index is 821. The molecule has 3 rings (SSSR count). The number of pyridine rings is 1. The average molecular weight is 388 g/mol. The van der Waals surface area contributed by atoms with Crippen molar-refractivity contribution < 1.29 is 9.53 Å². The lowest BCUT2D eigenvalue weighted by Gasteiger charge is -2.36. The molecule has 0 aliphatic carbocycles. The molecule has 0 radical (unpaired) electrons.